The molecule has 0 aromatic carbocycles. The third-order valence-electron chi connectivity index (χ3n) is 6.38. The fourth-order valence-electron chi connectivity index (χ4n) is 4.13. The van der Waals surface area contributed by atoms with Crippen molar-refractivity contribution >= 4 is 33.5 Å². The Labute approximate surface area is 190 Å². The summed E-state index contributed by atoms with van der Waals surface area (Å²) in [5.74, 6) is 0.315. The maximum Gasteiger partial charge on any atom is 0.320 e. The van der Waals surface area contributed by atoms with Gasteiger partial charge in [0.05, 0.1) is 0 Å². The standard InChI is InChI=1S/C22H40N2O4S2/c1-15(19(25)27-21(3,4)17-7-11-23-12-8-17)29-30-16(2)20(26)28-22(5,6)18-9-13-24-14-10-18/h15-18,23-24H,7-14H2,1-6H3. The Morgan fingerprint density at radius 2 is 1.03 bits per heavy atom. The van der Waals surface area contributed by atoms with E-state index in [0.29, 0.717) is 11.8 Å². The van der Waals surface area contributed by atoms with Crippen molar-refractivity contribution < 1.29 is 19.1 Å². The number of ether oxygens (including phenoxy) is 2. The molecule has 0 aliphatic carbocycles. The summed E-state index contributed by atoms with van der Waals surface area (Å²) in [6, 6.07) is 0. The van der Waals surface area contributed by atoms with Gasteiger partial charge in [-0.05, 0) is 93.4 Å². The molecule has 2 aliphatic heterocycles. The fourth-order valence-corrected chi connectivity index (χ4v) is 6.19. The van der Waals surface area contributed by atoms with Crippen molar-refractivity contribution in [3.63, 3.8) is 0 Å². The molecule has 30 heavy (non-hydrogen) atoms. The van der Waals surface area contributed by atoms with Crippen LogP contribution in [-0.2, 0) is 19.1 Å². The monoisotopic (exact) mass is 460 g/mol. The highest BCUT2D eigenvalue weighted by Gasteiger charge is 2.37. The first-order chi connectivity index (χ1) is 14.0. The first-order valence-electron chi connectivity index (χ1n) is 11.2. The lowest BCUT2D eigenvalue weighted by molar-refractivity contribution is -0.162. The van der Waals surface area contributed by atoms with E-state index < -0.39 is 11.2 Å². The van der Waals surface area contributed by atoms with Crippen LogP contribution in [0.25, 0.3) is 0 Å². The summed E-state index contributed by atoms with van der Waals surface area (Å²) in [7, 11) is 2.78. The van der Waals surface area contributed by atoms with Gasteiger partial charge in [0.2, 0.25) is 0 Å². The average Bonchev–Trinajstić information content (AvgIpc) is 2.72. The Balaban J connectivity index is 1.77. The third kappa shape index (κ3) is 7.61. The Hall–Kier alpha value is -0.440. The SMILES string of the molecule is CC(SSC(C)C(=O)OC(C)(C)C1CCNCC1)C(=O)OC(C)(C)C1CCNCC1. The zero-order valence-electron chi connectivity index (χ0n) is 19.4. The number of esters is 2. The van der Waals surface area contributed by atoms with Gasteiger partial charge in [0.15, 0.2) is 0 Å². The van der Waals surface area contributed by atoms with E-state index in [1.807, 2.05) is 41.5 Å². The van der Waals surface area contributed by atoms with E-state index in [2.05, 4.69) is 10.6 Å². The van der Waals surface area contributed by atoms with E-state index in [4.69, 9.17) is 9.47 Å². The highest BCUT2D eigenvalue weighted by molar-refractivity contribution is 8.77. The van der Waals surface area contributed by atoms with E-state index in [1.165, 1.54) is 21.6 Å². The maximum absolute atomic E-state index is 12.6. The Bertz CT molecular complexity index is 523. The van der Waals surface area contributed by atoms with Crippen molar-refractivity contribution in [3.05, 3.63) is 0 Å². The Morgan fingerprint density at radius 1 is 0.733 bits per heavy atom. The van der Waals surface area contributed by atoms with Gasteiger partial charge < -0.3 is 20.1 Å². The lowest BCUT2D eigenvalue weighted by atomic mass is 9.83. The van der Waals surface area contributed by atoms with Crippen LogP contribution in [0, 0.1) is 11.8 Å². The predicted octanol–water partition coefficient (Wildman–Crippen LogP) is 3.79. The number of hydrogen-bond acceptors (Lipinski definition) is 8. The summed E-state index contributed by atoms with van der Waals surface area (Å²) < 4.78 is 11.7. The molecule has 0 radical (unpaired) electrons. The van der Waals surface area contributed by atoms with Gasteiger partial charge in [0.1, 0.15) is 21.7 Å². The molecule has 2 atom stereocenters. The van der Waals surface area contributed by atoms with Crippen LogP contribution in [0.4, 0.5) is 0 Å². The molecule has 0 aromatic rings. The van der Waals surface area contributed by atoms with Crippen molar-refractivity contribution in [3.8, 4) is 0 Å². The summed E-state index contributed by atoms with van der Waals surface area (Å²) in [6.45, 7) is 15.6. The molecule has 2 rings (SSSR count). The van der Waals surface area contributed by atoms with Gasteiger partial charge in [-0.1, -0.05) is 21.6 Å². The van der Waals surface area contributed by atoms with Crippen LogP contribution in [0.2, 0.25) is 0 Å². The van der Waals surface area contributed by atoms with Gasteiger partial charge >= 0.3 is 11.9 Å². The van der Waals surface area contributed by atoms with Gasteiger partial charge in [-0.3, -0.25) is 9.59 Å². The molecule has 0 bridgehead atoms. The fraction of sp³-hybridized carbons (Fsp3) is 0.909. The second kappa shape index (κ2) is 11.4. The molecule has 2 heterocycles. The largest absolute Gasteiger partial charge is 0.459 e. The lowest BCUT2D eigenvalue weighted by Crippen LogP contribution is -2.44. The van der Waals surface area contributed by atoms with Crippen molar-refractivity contribution in [1.29, 1.82) is 0 Å². The minimum absolute atomic E-state index is 0.216. The molecule has 6 nitrogen and oxygen atoms in total. The zero-order valence-corrected chi connectivity index (χ0v) is 21.0. The van der Waals surface area contributed by atoms with Crippen LogP contribution in [0.3, 0.4) is 0 Å². The van der Waals surface area contributed by atoms with Gasteiger partial charge in [0, 0.05) is 11.8 Å². The number of piperidine rings is 2. The summed E-state index contributed by atoms with van der Waals surface area (Å²) in [4.78, 5) is 25.2. The summed E-state index contributed by atoms with van der Waals surface area (Å²) in [6.07, 6.45) is 4.08. The van der Waals surface area contributed by atoms with E-state index >= 15 is 0 Å². The van der Waals surface area contributed by atoms with Crippen molar-refractivity contribution in [1.82, 2.24) is 10.6 Å². The summed E-state index contributed by atoms with van der Waals surface area (Å²) >= 11 is 0. The molecule has 2 saturated heterocycles. The van der Waals surface area contributed by atoms with E-state index in [0.717, 1.165) is 51.9 Å². The second-order valence-corrected chi connectivity index (χ2v) is 12.5. The van der Waals surface area contributed by atoms with Crippen LogP contribution in [0.1, 0.15) is 67.2 Å². The zero-order chi connectivity index (χ0) is 22.4. The van der Waals surface area contributed by atoms with Gasteiger partial charge in [-0.25, -0.2) is 0 Å². The number of rotatable bonds is 9. The molecule has 0 spiro atoms. The van der Waals surface area contributed by atoms with Crippen LogP contribution in [-0.4, -0.2) is 59.8 Å². The molecule has 0 amide bonds. The quantitative estimate of drug-likeness (QED) is 0.398. The summed E-state index contributed by atoms with van der Waals surface area (Å²) in [5, 5.41) is 6.01. The molecule has 174 valence electrons. The molecule has 8 heteroatoms. The Morgan fingerprint density at radius 3 is 1.33 bits per heavy atom. The van der Waals surface area contributed by atoms with Crippen molar-refractivity contribution in [2.75, 3.05) is 26.2 Å². The number of hydrogen-bond donors (Lipinski definition) is 2. The smallest absolute Gasteiger partial charge is 0.320 e. The number of nitrogens with one attached hydrogen (secondary N) is 2. The molecule has 2 aliphatic rings. The molecule has 2 unspecified atom stereocenters. The maximum atomic E-state index is 12.6. The first kappa shape index (κ1) is 25.8. The van der Waals surface area contributed by atoms with Crippen LogP contribution in [0.15, 0.2) is 0 Å². The van der Waals surface area contributed by atoms with Crippen molar-refractivity contribution in [2.24, 2.45) is 11.8 Å². The lowest BCUT2D eigenvalue weighted by Gasteiger charge is -2.37. The summed E-state index contributed by atoms with van der Waals surface area (Å²) in [5.41, 5.74) is -0.940. The van der Waals surface area contributed by atoms with E-state index in [-0.39, 0.29) is 22.4 Å². The minimum atomic E-state index is -0.470. The molecule has 0 aromatic heterocycles. The third-order valence-corrected chi connectivity index (χ3v) is 9.52. The minimum Gasteiger partial charge on any atom is -0.459 e. The predicted molar refractivity (Wildman–Crippen MR) is 126 cm³/mol. The molecular weight excluding hydrogens is 420 g/mol. The highest BCUT2D eigenvalue weighted by Crippen LogP contribution is 2.36. The van der Waals surface area contributed by atoms with Gasteiger partial charge in [-0.15, -0.1) is 0 Å². The number of carbonyl (C=O) groups excluding carboxylic acids is 2. The van der Waals surface area contributed by atoms with E-state index in [9.17, 15) is 9.59 Å². The average molecular weight is 461 g/mol. The Kier molecular flexibility index (Phi) is 9.84. The molecule has 0 saturated carbocycles. The van der Waals surface area contributed by atoms with Crippen LogP contribution >= 0.6 is 21.6 Å². The second-order valence-electron chi connectivity index (χ2n) is 9.57. The molecular formula is C22H40N2O4S2. The van der Waals surface area contributed by atoms with Crippen LogP contribution in [0.5, 0.6) is 0 Å². The first-order valence-corrected chi connectivity index (χ1v) is 13.5. The highest BCUT2D eigenvalue weighted by atomic mass is 33.1. The molecule has 2 fully saturated rings. The van der Waals surface area contributed by atoms with Gasteiger partial charge in [0.25, 0.3) is 0 Å². The number of carbonyl (C=O) groups is 2. The van der Waals surface area contributed by atoms with Gasteiger partial charge in [-0.2, -0.15) is 0 Å². The topological polar surface area (TPSA) is 76.7 Å². The van der Waals surface area contributed by atoms with Crippen molar-refractivity contribution in [2.45, 2.75) is 88.9 Å². The van der Waals surface area contributed by atoms with E-state index in [1.54, 1.807) is 0 Å². The van der Waals surface area contributed by atoms with Crippen LogP contribution < -0.4 is 10.6 Å². The molecule has 2 N–H and O–H groups in total. The normalized spacial score (nSPS) is 21.7.